The number of hydrogen-bond donors (Lipinski definition) is 2. The summed E-state index contributed by atoms with van der Waals surface area (Å²) >= 11 is 5.77. The molecule has 2 aromatic rings. The fourth-order valence-corrected chi connectivity index (χ4v) is 1.58. The zero-order chi connectivity index (χ0) is 12.8. The van der Waals surface area contributed by atoms with Gasteiger partial charge in [0.05, 0.1) is 0 Å². The normalized spacial score (nSPS) is 10.3. The molecule has 0 aromatic carbocycles. The van der Waals surface area contributed by atoms with Gasteiger partial charge in [0.25, 0.3) is 0 Å². The number of aromatic nitrogens is 5. The van der Waals surface area contributed by atoms with Gasteiger partial charge in [-0.3, -0.25) is 4.68 Å². The first-order chi connectivity index (χ1) is 8.78. The molecule has 2 heterocycles. The molecule has 96 valence electrons. The molecule has 7 nitrogen and oxygen atoms in total. The minimum atomic E-state index is 0.170. The molecule has 2 N–H and O–H groups in total. The van der Waals surface area contributed by atoms with Gasteiger partial charge in [-0.1, -0.05) is 0 Å². The molecule has 8 heteroatoms. The second kappa shape index (κ2) is 6.15. The smallest absolute Gasteiger partial charge is 0.228 e. The van der Waals surface area contributed by atoms with Crippen molar-refractivity contribution in [2.75, 3.05) is 24.2 Å². The minimum Gasteiger partial charge on any atom is -0.357 e. The van der Waals surface area contributed by atoms with Gasteiger partial charge in [-0.2, -0.15) is 20.1 Å². The predicted octanol–water partition coefficient (Wildman–Crippen LogP) is 1.27. The number of aryl methyl sites for hydroxylation is 1. The van der Waals surface area contributed by atoms with Crippen LogP contribution in [-0.2, 0) is 6.54 Å². The molecular formula is C10H14ClN7. The van der Waals surface area contributed by atoms with E-state index in [1.54, 1.807) is 13.2 Å². The third kappa shape index (κ3) is 3.56. The predicted molar refractivity (Wildman–Crippen MR) is 69.7 cm³/mol. The average Bonchev–Trinajstić information content (AvgIpc) is 2.87. The van der Waals surface area contributed by atoms with Crippen molar-refractivity contribution in [3.8, 4) is 0 Å². The van der Waals surface area contributed by atoms with E-state index in [1.807, 2.05) is 16.9 Å². The first-order valence-corrected chi connectivity index (χ1v) is 5.96. The second-order valence-corrected chi connectivity index (χ2v) is 3.89. The second-order valence-electron chi connectivity index (χ2n) is 3.55. The molecule has 0 saturated carbocycles. The quantitative estimate of drug-likeness (QED) is 0.767. The molecule has 0 saturated heterocycles. The highest BCUT2D eigenvalue weighted by Gasteiger charge is 2.02. The Hall–Kier alpha value is -1.89. The Bertz CT molecular complexity index is 485. The van der Waals surface area contributed by atoms with Crippen LogP contribution in [0, 0.1) is 0 Å². The first-order valence-electron chi connectivity index (χ1n) is 5.58. The Labute approximate surface area is 110 Å². The third-order valence-electron chi connectivity index (χ3n) is 2.24. The fraction of sp³-hybridized carbons (Fsp3) is 0.400. The highest BCUT2D eigenvalue weighted by atomic mass is 35.5. The SMILES string of the molecule is CNc1nc(Cl)nc(NCCCn2cccn2)n1. The summed E-state index contributed by atoms with van der Waals surface area (Å²) in [4.78, 5) is 12.0. The molecule has 2 rings (SSSR count). The summed E-state index contributed by atoms with van der Waals surface area (Å²) in [5.74, 6) is 0.921. The highest BCUT2D eigenvalue weighted by Crippen LogP contribution is 2.08. The van der Waals surface area contributed by atoms with Gasteiger partial charge in [-0.15, -0.1) is 0 Å². The molecular weight excluding hydrogens is 254 g/mol. The van der Waals surface area contributed by atoms with Crippen LogP contribution in [0.25, 0.3) is 0 Å². The Morgan fingerprint density at radius 2 is 2.11 bits per heavy atom. The van der Waals surface area contributed by atoms with Crippen LogP contribution in [0.3, 0.4) is 0 Å². The molecule has 0 atom stereocenters. The maximum Gasteiger partial charge on any atom is 0.228 e. The summed E-state index contributed by atoms with van der Waals surface area (Å²) in [7, 11) is 1.73. The van der Waals surface area contributed by atoms with Crippen molar-refractivity contribution in [2.45, 2.75) is 13.0 Å². The average molecular weight is 268 g/mol. The van der Waals surface area contributed by atoms with Gasteiger partial charge in [-0.25, -0.2) is 0 Å². The number of hydrogen-bond acceptors (Lipinski definition) is 6. The van der Waals surface area contributed by atoms with E-state index in [4.69, 9.17) is 11.6 Å². The summed E-state index contributed by atoms with van der Waals surface area (Å²) in [6.07, 6.45) is 4.61. The van der Waals surface area contributed by atoms with Crippen molar-refractivity contribution < 1.29 is 0 Å². The van der Waals surface area contributed by atoms with Crippen LogP contribution in [0.5, 0.6) is 0 Å². The number of nitrogens with zero attached hydrogens (tertiary/aromatic N) is 5. The van der Waals surface area contributed by atoms with E-state index in [2.05, 4.69) is 30.7 Å². The van der Waals surface area contributed by atoms with Crippen molar-refractivity contribution in [2.24, 2.45) is 0 Å². The van der Waals surface area contributed by atoms with Crippen LogP contribution in [0.2, 0.25) is 5.28 Å². The van der Waals surface area contributed by atoms with Gasteiger partial charge >= 0.3 is 0 Å². The van der Waals surface area contributed by atoms with Crippen LogP contribution in [0.4, 0.5) is 11.9 Å². The summed E-state index contributed by atoms with van der Waals surface area (Å²) in [6, 6.07) is 1.90. The zero-order valence-corrected chi connectivity index (χ0v) is 10.7. The van der Waals surface area contributed by atoms with Crippen molar-refractivity contribution >= 4 is 23.5 Å². The van der Waals surface area contributed by atoms with E-state index >= 15 is 0 Å². The van der Waals surface area contributed by atoms with Crippen molar-refractivity contribution in [3.05, 3.63) is 23.7 Å². The summed E-state index contributed by atoms with van der Waals surface area (Å²) < 4.78 is 1.88. The molecule has 18 heavy (non-hydrogen) atoms. The van der Waals surface area contributed by atoms with Gasteiger partial charge in [-0.05, 0) is 24.1 Å². The van der Waals surface area contributed by atoms with Gasteiger partial charge in [0.15, 0.2) is 0 Å². The van der Waals surface area contributed by atoms with Gasteiger partial charge in [0.1, 0.15) is 0 Å². The molecule has 0 amide bonds. The fourth-order valence-electron chi connectivity index (χ4n) is 1.41. The number of anilines is 2. The third-order valence-corrected chi connectivity index (χ3v) is 2.41. The molecule has 0 spiro atoms. The summed E-state index contributed by atoms with van der Waals surface area (Å²) in [5, 5.41) is 10.2. The van der Waals surface area contributed by atoms with Crippen molar-refractivity contribution in [1.82, 2.24) is 24.7 Å². The molecule has 2 aromatic heterocycles. The Morgan fingerprint density at radius 3 is 2.83 bits per heavy atom. The molecule has 0 aliphatic rings. The zero-order valence-electron chi connectivity index (χ0n) is 9.97. The lowest BCUT2D eigenvalue weighted by Crippen LogP contribution is -2.10. The molecule has 0 unspecified atom stereocenters. The van der Waals surface area contributed by atoms with E-state index in [0.717, 1.165) is 19.5 Å². The molecule has 0 bridgehead atoms. The van der Waals surface area contributed by atoms with Crippen molar-refractivity contribution in [3.63, 3.8) is 0 Å². The monoisotopic (exact) mass is 267 g/mol. The summed E-state index contributed by atoms with van der Waals surface area (Å²) in [5.41, 5.74) is 0. The lowest BCUT2D eigenvalue weighted by molar-refractivity contribution is 0.591. The van der Waals surface area contributed by atoms with E-state index in [-0.39, 0.29) is 5.28 Å². The van der Waals surface area contributed by atoms with Gasteiger partial charge in [0.2, 0.25) is 17.2 Å². The first kappa shape index (κ1) is 12.6. The lowest BCUT2D eigenvalue weighted by atomic mass is 10.4. The minimum absolute atomic E-state index is 0.170. The number of halogens is 1. The van der Waals surface area contributed by atoms with E-state index in [1.165, 1.54) is 0 Å². The number of nitrogens with one attached hydrogen (secondary N) is 2. The molecule has 0 radical (unpaired) electrons. The Kier molecular flexibility index (Phi) is 4.30. The molecule has 0 aliphatic heterocycles. The highest BCUT2D eigenvalue weighted by molar-refractivity contribution is 6.28. The van der Waals surface area contributed by atoms with Gasteiger partial charge in [0, 0.05) is 32.5 Å². The maximum atomic E-state index is 5.77. The lowest BCUT2D eigenvalue weighted by Gasteiger charge is -2.06. The largest absolute Gasteiger partial charge is 0.357 e. The van der Waals surface area contributed by atoms with Crippen LogP contribution in [0.1, 0.15) is 6.42 Å². The van der Waals surface area contributed by atoms with Crippen LogP contribution in [-0.4, -0.2) is 38.3 Å². The van der Waals surface area contributed by atoms with Crippen LogP contribution >= 0.6 is 11.6 Å². The number of rotatable bonds is 6. The van der Waals surface area contributed by atoms with E-state index in [0.29, 0.717) is 11.9 Å². The van der Waals surface area contributed by atoms with Crippen LogP contribution in [0.15, 0.2) is 18.5 Å². The standard InChI is InChI=1S/C10H14ClN7/c1-12-9-15-8(11)16-10(17-9)13-4-2-6-18-7-3-5-14-18/h3,5,7H,2,4,6H2,1H3,(H2,12,13,15,16,17). The molecule has 0 aliphatic carbocycles. The maximum absolute atomic E-state index is 5.77. The Balaban J connectivity index is 1.81. The van der Waals surface area contributed by atoms with E-state index in [9.17, 15) is 0 Å². The van der Waals surface area contributed by atoms with E-state index < -0.39 is 0 Å². The molecule has 0 fully saturated rings. The summed E-state index contributed by atoms with van der Waals surface area (Å²) in [6.45, 7) is 1.58. The topological polar surface area (TPSA) is 80.5 Å². The van der Waals surface area contributed by atoms with Crippen LogP contribution < -0.4 is 10.6 Å². The van der Waals surface area contributed by atoms with Gasteiger partial charge < -0.3 is 10.6 Å². The Morgan fingerprint density at radius 1 is 1.28 bits per heavy atom. The van der Waals surface area contributed by atoms with Crippen molar-refractivity contribution in [1.29, 1.82) is 0 Å².